The monoisotopic (exact) mass is 393 g/mol. The fourth-order valence-corrected chi connectivity index (χ4v) is 3.08. The highest BCUT2D eigenvalue weighted by Crippen LogP contribution is 2.23. The molecule has 28 heavy (non-hydrogen) atoms. The van der Waals surface area contributed by atoms with Gasteiger partial charge in [-0.05, 0) is 35.9 Å². The van der Waals surface area contributed by atoms with Crippen molar-refractivity contribution >= 4 is 45.9 Å². The Balaban J connectivity index is 1.46. The summed E-state index contributed by atoms with van der Waals surface area (Å²) in [7, 11) is 3.89. The van der Waals surface area contributed by atoms with Crippen molar-refractivity contribution in [3.8, 4) is 0 Å². The van der Waals surface area contributed by atoms with Crippen molar-refractivity contribution in [2.24, 2.45) is 7.05 Å². The minimum atomic E-state index is 0.517. The van der Waals surface area contributed by atoms with E-state index >= 15 is 0 Å². The number of benzene rings is 2. The van der Waals surface area contributed by atoms with Crippen molar-refractivity contribution < 1.29 is 0 Å². The van der Waals surface area contributed by atoms with Crippen LogP contribution in [-0.2, 0) is 13.6 Å². The second-order valence-electron chi connectivity index (χ2n) is 6.52. The van der Waals surface area contributed by atoms with Crippen molar-refractivity contribution in [1.82, 2.24) is 19.5 Å². The van der Waals surface area contributed by atoms with Crippen LogP contribution in [0.1, 0.15) is 5.56 Å². The molecule has 0 atom stereocenters. The van der Waals surface area contributed by atoms with Crippen LogP contribution in [0.5, 0.6) is 0 Å². The van der Waals surface area contributed by atoms with Gasteiger partial charge in [0.1, 0.15) is 0 Å². The van der Waals surface area contributed by atoms with E-state index in [2.05, 4.69) is 32.4 Å². The maximum Gasteiger partial charge on any atom is 0.229 e. The predicted octanol–water partition coefficient (Wildman–Crippen LogP) is 3.98. The summed E-state index contributed by atoms with van der Waals surface area (Å²) in [6.07, 6.45) is 3.17. The molecule has 2 aromatic carbocycles. The lowest BCUT2D eigenvalue weighted by atomic mass is 10.2. The molecule has 0 spiro atoms. The van der Waals surface area contributed by atoms with Gasteiger partial charge in [0.25, 0.3) is 0 Å². The summed E-state index contributed by atoms with van der Waals surface area (Å²) in [5, 5.41) is 3.90. The maximum atomic E-state index is 5.87. The Morgan fingerprint density at radius 2 is 1.82 bits per heavy atom. The maximum absolute atomic E-state index is 5.87. The lowest BCUT2D eigenvalue weighted by Gasteiger charge is -2.17. The molecule has 0 aliphatic carbocycles. The van der Waals surface area contributed by atoms with Gasteiger partial charge in [-0.15, -0.1) is 0 Å². The smallest absolute Gasteiger partial charge is 0.229 e. The fraction of sp³-hybridized carbons (Fsp3) is 0.150. The van der Waals surface area contributed by atoms with E-state index in [-0.39, 0.29) is 0 Å². The summed E-state index contributed by atoms with van der Waals surface area (Å²) in [5.41, 5.74) is 10.6. The molecule has 2 aromatic heterocycles. The summed E-state index contributed by atoms with van der Waals surface area (Å²) in [4.78, 5) is 15.0. The number of fused-ring (bicyclic) bond motifs is 1. The Bertz CT molecular complexity index is 1100. The third-order valence-corrected chi connectivity index (χ3v) is 4.78. The number of nitrogens with one attached hydrogen (secondary N) is 1. The number of aryl methyl sites for hydroxylation is 1. The average Bonchev–Trinajstić information content (AvgIpc) is 3.02. The van der Waals surface area contributed by atoms with Crippen LogP contribution in [0.15, 0.2) is 54.9 Å². The average molecular weight is 394 g/mol. The first-order valence-electron chi connectivity index (χ1n) is 8.77. The predicted molar refractivity (Wildman–Crippen MR) is 114 cm³/mol. The summed E-state index contributed by atoms with van der Waals surface area (Å²) in [5.74, 6) is 1.39. The topological polar surface area (TPSA) is 84.9 Å². The van der Waals surface area contributed by atoms with Crippen molar-refractivity contribution in [2.75, 3.05) is 23.0 Å². The molecule has 4 aromatic rings. The van der Waals surface area contributed by atoms with Gasteiger partial charge in [-0.1, -0.05) is 23.7 Å². The fourth-order valence-electron chi connectivity index (χ4n) is 2.98. The zero-order valence-corrected chi connectivity index (χ0v) is 16.4. The number of rotatable bonds is 5. The van der Waals surface area contributed by atoms with Gasteiger partial charge in [0, 0.05) is 32.0 Å². The Labute approximate surface area is 167 Å². The number of nitrogens with zero attached hydrogens (tertiary/aromatic N) is 5. The van der Waals surface area contributed by atoms with Crippen molar-refractivity contribution in [3.63, 3.8) is 0 Å². The zero-order chi connectivity index (χ0) is 19.7. The molecule has 3 N–H and O–H groups in total. The molecule has 0 amide bonds. The van der Waals surface area contributed by atoms with E-state index in [0.29, 0.717) is 17.5 Å². The van der Waals surface area contributed by atoms with E-state index in [1.807, 2.05) is 53.9 Å². The van der Waals surface area contributed by atoms with Crippen LogP contribution >= 0.6 is 11.6 Å². The highest BCUT2D eigenvalue weighted by atomic mass is 35.5. The number of anilines is 4. The Kier molecular flexibility index (Phi) is 4.75. The van der Waals surface area contributed by atoms with Crippen LogP contribution in [0.4, 0.5) is 23.3 Å². The molecule has 0 aliphatic rings. The van der Waals surface area contributed by atoms with Crippen LogP contribution < -0.4 is 16.0 Å². The van der Waals surface area contributed by atoms with E-state index in [1.165, 1.54) is 0 Å². The van der Waals surface area contributed by atoms with Gasteiger partial charge in [0.2, 0.25) is 11.9 Å². The van der Waals surface area contributed by atoms with Crippen molar-refractivity contribution in [1.29, 1.82) is 0 Å². The molecule has 0 bridgehead atoms. The first-order valence-corrected chi connectivity index (χ1v) is 9.15. The Morgan fingerprint density at radius 3 is 2.54 bits per heavy atom. The van der Waals surface area contributed by atoms with Crippen LogP contribution in [0.2, 0.25) is 5.02 Å². The highest BCUT2D eigenvalue weighted by molar-refractivity contribution is 6.30. The van der Waals surface area contributed by atoms with Gasteiger partial charge >= 0.3 is 0 Å². The molecular weight excluding hydrogens is 374 g/mol. The quantitative estimate of drug-likeness (QED) is 0.499. The molecule has 8 heteroatoms. The second-order valence-corrected chi connectivity index (χ2v) is 6.96. The number of aromatic nitrogens is 4. The number of halogens is 1. The van der Waals surface area contributed by atoms with E-state index in [9.17, 15) is 0 Å². The summed E-state index contributed by atoms with van der Waals surface area (Å²) >= 11 is 5.85. The zero-order valence-electron chi connectivity index (χ0n) is 15.6. The molecule has 0 radical (unpaired) electrons. The number of nitrogen functional groups attached to an aromatic ring is 1. The van der Waals surface area contributed by atoms with Crippen LogP contribution in [0.25, 0.3) is 11.0 Å². The van der Waals surface area contributed by atoms with Crippen LogP contribution in [-0.4, -0.2) is 26.6 Å². The molecular formula is C20H20ClN7. The standard InChI is InChI=1S/C20H20ClN7/c1-27(19-24-11-14(21)12-25-19)16-6-3-13(4-7-16)10-23-20-26-17-8-5-15(22)9-18(17)28(20)2/h3-9,11-12H,10,22H2,1-2H3,(H,23,26). The SMILES string of the molecule is CN(c1ccc(CNc2nc3ccc(N)cc3n2C)cc1)c1ncc(Cl)cn1. The minimum Gasteiger partial charge on any atom is -0.399 e. The third-order valence-electron chi connectivity index (χ3n) is 4.59. The first-order chi connectivity index (χ1) is 13.5. The van der Waals surface area contributed by atoms with Crippen molar-refractivity contribution in [2.45, 2.75) is 6.54 Å². The summed E-state index contributed by atoms with van der Waals surface area (Å²) < 4.78 is 2.01. The van der Waals surface area contributed by atoms with E-state index in [0.717, 1.165) is 33.9 Å². The van der Waals surface area contributed by atoms with Crippen LogP contribution in [0, 0.1) is 0 Å². The normalized spacial score (nSPS) is 11.0. The molecule has 0 aliphatic heterocycles. The van der Waals surface area contributed by atoms with Crippen molar-refractivity contribution in [3.05, 3.63) is 65.4 Å². The molecule has 0 fully saturated rings. The largest absolute Gasteiger partial charge is 0.399 e. The number of hydrogen-bond acceptors (Lipinski definition) is 6. The molecule has 4 rings (SSSR count). The number of nitrogens with two attached hydrogens (primary N) is 1. The van der Waals surface area contributed by atoms with Gasteiger partial charge in [-0.25, -0.2) is 15.0 Å². The molecule has 0 saturated carbocycles. The minimum absolute atomic E-state index is 0.517. The molecule has 7 nitrogen and oxygen atoms in total. The van der Waals surface area contributed by atoms with Crippen LogP contribution in [0.3, 0.4) is 0 Å². The lowest BCUT2D eigenvalue weighted by Crippen LogP contribution is -2.13. The van der Waals surface area contributed by atoms with E-state index in [4.69, 9.17) is 17.3 Å². The number of hydrogen-bond donors (Lipinski definition) is 2. The van der Waals surface area contributed by atoms with Gasteiger partial charge in [0.05, 0.1) is 28.4 Å². The third kappa shape index (κ3) is 3.57. The van der Waals surface area contributed by atoms with Gasteiger partial charge in [0.15, 0.2) is 0 Å². The van der Waals surface area contributed by atoms with Gasteiger partial charge < -0.3 is 20.5 Å². The summed E-state index contributed by atoms with van der Waals surface area (Å²) in [6.45, 7) is 0.661. The van der Waals surface area contributed by atoms with Gasteiger partial charge in [-0.2, -0.15) is 0 Å². The Hall–Kier alpha value is -3.32. The van der Waals surface area contributed by atoms with E-state index < -0.39 is 0 Å². The molecule has 0 unspecified atom stereocenters. The Morgan fingerprint density at radius 1 is 1.11 bits per heavy atom. The highest BCUT2D eigenvalue weighted by Gasteiger charge is 2.09. The first kappa shape index (κ1) is 18.1. The second kappa shape index (κ2) is 7.36. The molecule has 0 saturated heterocycles. The molecule has 142 valence electrons. The molecule has 2 heterocycles. The number of imidazole rings is 1. The van der Waals surface area contributed by atoms with E-state index in [1.54, 1.807) is 12.4 Å². The van der Waals surface area contributed by atoms with Gasteiger partial charge in [-0.3, -0.25) is 0 Å². The lowest BCUT2D eigenvalue weighted by molar-refractivity contribution is 0.927. The summed E-state index contributed by atoms with van der Waals surface area (Å²) in [6, 6.07) is 13.9.